The molecule has 0 aromatic heterocycles. The predicted octanol–water partition coefficient (Wildman–Crippen LogP) is 4.10. The molecule has 1 heterocycles. The molecule has 154 valence electrons. The highest BCUT2D eigenvalue weighted by molar-refractivity contribution is 7.88. The molecule has 0 saturated carbocycles. The third-order valence-corrected chi connectivity index (χ3v) is 6.83. The van der Waals surface area contributed by atoms with Crippen molar-refractivity contribution in [1.29, 1.82) is 0 Å². The average molecular weight is 407 g/mol. The van der Waals surface area contributed by atoms with Crippen molar-refractivity contribution >= 4 is 15.7 Å². The lowest BCUT2D eigenvalue weighted by Crippen LogP contribution is -2.42. The molecule has 1 aromatic rings. The van der Waals surface area contributed by atoms with Gasteiger partial charge in [0.15, 0.2) is 0 Å². The third kappa shape index (κ3) is 5.16. The summed E-state index contributed by atoms with van der Waals surface area (Å²) in [5, 5.41) is 0. The Morgan fingerprint density at radius 3 is 2.44 bits per heavy atom. The van der Waals surface area contributed by atoms with E-state index in [1.54, 1.807) is 6.92 Å². The van der Waals surface area contributed by atoms with Crippen molar-refractivity contribution in [2.75, 3.05) is 24.2 Å². The molecule has 4 nitrogen and oxygen atoms in total. The van der Waals surface area contributed by atoms with Gasteiger partial charge in [-0.05, 0) is 31.7 Å². The molecule has 3 atom stereocenters. The Hall–Kier alpha value is -1.28. The van der Waals surface area contributed by atoms with Gasteiger partial charge in [-0.15, -0.1) is 0 Å². The van der Waals surface area contributed by atoms with Crippen molar-refractivity contribution in [1.82, 2.24) is 4.31 Å². The lowest BCUT2D eigenvalue weighted by atomic mass is 9.92. The predicted molar refractivity (Wildman–Crippen MR) is 102 cm³/mol. The van der Waals surface area contributed by atoms with Crippen molar-refractivity contribution in [2.24, 2.45) is 5.92 Å². The number of sulfonamides is 1. The van der Waals surface area contributed by atoms with E-state index in [1.807, 2.05) is 13.8 Å². The minimum absolute atomic E-state index is 0.0257. The topological polar surface area (TPSA) is 40.6 Å². The molecule has 1 fully saturated rings. The Kier molecular flexibility index (Phi) is 7.19. The maximum atomic E-state index is 14.7. The maximum Gasteiger partial charge on any atom is 0.211 e. The second-order valence-electron chi connectivity index (χ2n) is 7.38. The molecular formula is C19H29F3N2O2S. The molecule has 1 aromatic carbocycles. The van der Waals surface area contributed by atoms with Gasteiger partial charge in [0.25, 0.3) is 0 Å². The van der Waals surface area contributed by atoms with Crippen molar-refractivity contribution in [3.63, 3.8) is 0 Å². The molecular weight excluding hydrogens is 377 g/mol. The smallest absolute Gasteiger partial charge is 0.211 e. The first-order chi connectivity index (χ1) is 12.6. The van der Waals surface area contributed by atoms with Gasteiger partial charge in [-0.2, -0.15) is 4.31 Å². The van der Waals surface area contributed by atoms with Gasteiger partial charge in [-0.1, -0.05) is 20.3 Å². The number of rotatable bonds is 7. The van der Waals surface area contributed by atoms with Gasteiger partial charge in [0.05, 0.1) is 11.9 Å². The summed E-state index contributed by atoms with van der Waals surface area (Å²) < 4.78 is 68.6. The lowest BCUT2D eigenvalue weighted by Gasteiger charge is -2.36. The molecule has 1 aliphatic rings. The highest BCUT2D eigenvalue weighted by atomic mass is 32.2. The Labute approximate surface area is 160 Å². The minimum Gasteiger partial charge on any atom is -0.366 e. The Balaban J connectivity index is 2.26. The summed E-state index contributed by atoms with van der Waals surface area (Å²) in [5.41, 5.74) is 0.00474. The van der Waals surface area contributed by atoms with Gasteiger partial charge in [-0.25, -0.2) is 21.6 Å². The summed E-state index contributed by atoms with van der Waals surface area (Å²) >= 11 is 0. The lowest BCUT2D eigenvalue weighted by molar-refractivity contribution is 0.192. The first-order valence-electron chi connectivity index (χ1n) is 9.42. The van der Waals surface area contributed by atoms with Crippen LogP contribution in [0.5, 0.6) is 0 Å². The summed E-state index contributed by atoms with van der Waals surface area (Å²) in [5.74, 6) is -1.39. The van der Waals surface area contributed by atoms with Crippen LogP contribution in [0.4, 0.5) is 18.9 Å². The maximum absolute atomic E-state index is 14.7. The molecule has 0 spiro atoms. The Morgan fingerprint density at radius 2 is 1.93 bits per heavy atom. The summed E-state index contributed by atoms with van der Waals surface area (Å²) in [7, 11) is -3.57. The quantitative estimate of drug-likeness (QED) is 0.685. The van der Waals surface area contributed by atoms with Gasteiger partial charge in [0.1, 0.15) is 17.8 Å². The molecule has 1 saturated heterocycles. The molecule has 0 N–H and O–H groups in total. The van der Waals surface area contributed by atoms with E-state index in [4.69, 9.17) is 0 Å². The highest BCUT2D eigenvalue weighted by Crippen LogP contribution is 2.31. The van der Waals surface area contributed by atoms with E-state index in [0.29, 0.717) is 19.4 Å². The first kappa shape index (κ1) is 22.0. The number of piperidine rings is 1. The van der Waals surface area contributed by atoms with Gasteiger partial charge >= 0.3 is 0 Å². The molecule has 0 unspecified atom stereocenters. The van der Waals surface area contributed by atoms with Crippen LogP contribution in [0.25, 0.3) is 0 Å². The number of nitrogens with zero attached hydrogens (tertiary/aromatic N) is 2. The standard InChI is InChI=1S/C19H29F3N2O2S/c1-5-13(3)24(27(4,25)26)11-15-9-17(21)19(10-16(15)20)23-8-7-14(6-2)18(22)12-23/h9-10,13-14,18H,5-8,11-12H2,1-4H3/t13-,14+,18-/m0/s1. The molecule has 0 radical (unpaired) electrons. The number of anilines is 1. The number of benzene rings is 1. The van der Waals surface area contributed by atoms with Gasteiger partial charge in [0.2, 0.25) is 10.0 Å². The van der Waals surface area contributed by atoms with Crippen molar-refractivity contribution in [3.8, 4) is 0 Å². The third-order valence-electron chi connectivity index (χ3n) is 5.49. The number of alkyl halides is 1. The molecule has 27 heavy (non-hydrogen) atoms. The second kappa shape index (κ2) is 8.82. The monoisotopic (exact) mass is 406 g/mol. The molecule has 2 rings (SSSR count). The molecule has 0 bridgehead atoms. The van der Waals surface area contributed by atoms with Crippen LogP contribution < -0.4 is 4.90 Å². The number of halogens is 3. The van der Waals surface area contributed by atoms with Crippen molar-refractivity contribution in [3.05, 3.63) is 29.3 Å². The molecule has 8 heteroatoms. The fraction of sp³-hybridized carbons (Fsp3) is 0.684. The highest BCUT2D eigenvalue weighted by Gasteiger charge is 2.30. The Morgan fingerprint density at radius 1 is 1.26 bits per heavy atom. The van der Waals surface area contributed by atoms with E-state index >= 15 is 0 Å². The average Bonchev–Trinajstić information content (AvgIpc) is 2.60. The number of hydrogen-bond acceptors (Lipinski definition) is 3. The number of hydrogen-bond donors (Lipinski definition) is 0. The second-order valence-corrected chi connectivity index (χ2v) is 9.31. The van der Waals surface area contributed by atoms with Crippen LogP contribution in [0.3, 0.4) is 0 Å². The van der Waals surface area contributed by atoms with Gasteiger partial charge in [0, 0.05) is 37.3 Å². The van der Waals surface area contributed by atoms with E-state index in [1.165, 1.54) is 4.90 Å². The zero-order valence-electron chi connectivity index (χ0n) is 16.4. The van der Waals surface area contributed by atoms with Crippen LogP contribution in [0.2, 0.25) is 0 Å². The van der Waals surface area contributed by atoms with E-state index in [2.05, 4.69) is 0 Å². The summed E-state index contributed by atoms with van der Waals surface area (Å²) in [6.07, 6.45) is 1.86. The van der Waals surface area contributed by atoms with Gasteiger partial charge < -0.3 is 4.90 Å². The van der Waals surface area contributed by atoms with E-state index < -0.39 is 27.8 Å². The van der Waals surface area contributed by atoms with E-state index in [0.717, 1.165) is 29.1 Å². The van der Waals surface area contributed by atoms with Crippen LogP contribution in [0.15, 0.2) is 12.1 Å². The Bertz CT molecular complexity index is 758. The van der Waals surface area contributed by atoms with Crippen LogP contribution >= 0.6 is 0 Å². The van der Waals surface area contributed by atoms with Crippen LogP contribution in [-0.4, -0.2) is 44.3 Å². The molecule has 0 aliphatic carbocycles. The minimum atomic E-state index is -3.57. The zero-order valence-corrected chi connectivity index (χ0v) is 17.2. The zero-order chi connectivity index (χ0) is 20.4. The van der Waals surface area contributed by atoms with Crippen LogP contribution in [0, 0.1) is 17.6 Å². The van der Waals surface area contributed by atoms with Crippen LogP contribution in [0.1, 0.15) is 45.6 Å². The van der Waals surface area contributed by atoms with E-state index in [-0.39, 0.29) is 36.3 Å². The normalized spacial score (nSPS) is 22.3. The van der Waals surface area contributed by atoms with Crippen LogP contribution in [-0.2, 0) is 16.6 Å². The van der Waals surface area contributed by atoms with Gasteiger partial charge in [-0.3, -0.25) is 0 Å². The van der Waals surface area contributed by atoms with Crippen molar-refractivity contribution in [2.45, 2.75) is 58.8 Å². The fourth-order valence-corrected chi connectivity index (χ4v) is 4.72. The SMILES string of the molecule is CC[C@@H]1CCN(c2cc(F)c(CN([C@@H](C)CC)S(C)(=O)=O)cc2F)C[C@@H]1F. The van der Waals surface area contributed by atoms with Crippen molar-refractivity contribution < 1.29 is 21.6 Å². The summed E-state index contributed by atoms with van der Waals surface area (Å²) in [4.78, 5) is 1.53. The summed E-state index contributed by atoms with van der Waals surface area (Å²) in [6, 6.07) is 1.76. The molecule has 1 aliphatic heterocycles. The largest absolute Gasteiger partial charge is 0.366 e. The molecule has 0 amide bonds. The summed E-state index contributed by atoms with van der Waals surface area (Å²) in [6.45, 7) is 5.75. The fourth-order valence-electron chi connectivity index (χ4n) is 3.54. The van der Waals surface area contributed by atoms with E-state index in [9.17, 15) is 21.6 Å². The first-order valence-corrected chi connectivity index (χ1v) is 11.3.